The van der Waals surface area contributed by atoms with E-state index in [1.165, 1.54) is 11.1 Å². The molecule has 3 unspecified atom stereocenters. The Morgan fingerprint density at radius 1 is 0.374 bits per heavy atom. The van der Waals surface area contributed by atoms with Crippen molar-refractivity contribution >= 4 is 34.0 Å². The van der Waals surface area contributed by atoms with Crippen LogP contribution in [-0.2, 0) is 98.1 Å². The maximum absolute atomic E-state index is 13.5. The molecule has 0 amide bonds. The number of aromatic hydroxyl groups is 4. The third-order valence-electron chi connectivity index (χ3n) is 28.6. The van der Waals surface area contributed by atoms with E-state index in [2.05, 4.69) is 429 Å². The molecule has 0 aromatic heterocycles. The molecule has 0 radical (unpaired) electrons. The molecule has 3 atom stereocenters. The first-order valence-corrected chi connectivity index (χ1v) is 50.8. The zero-order valence-corrected chi connectivity index (χ0v) is 92.3. The number of phenols is 4. The molecule has 2 aliphatic carbocycles. The zero-order chi connectivity index (χ0) is 104. The number of hydrogen-bond donors (Lipinski definition) is 7. The Hall–Kier alpha value is -10.8. The second-order valence-electron chi connectivity index (χ2n) is 53.7. The Morgan fingerprint density at radius 2 is 0.748 bits per heavy atom. The first kappa shape index (κ1) is 109. The molecule has 0 saturated carbocycles. The van der Waals surface area contributed by atoms with Crippen molar-refractivity contribution in [2.45, 2.75) is 386 Å². The Labute approximate surface area is 837 Å². The van der Waals surface area contributed by atoms with Gasteiger partial charge in [0.25, 0.3) is 0 Å². The number of nitrogens with one attached hydrogen (secondary N) is 2. The van der Waals surface area contributed by atoms with Gasteiger partial charge in [0.05, 0.1) is 0 Å². The number of benzene rings is 9. The Morgan fingerprint density at radius 3 is 1.16 bits per heavy atom. The second-order valence-corrected chi connectivity index (χ2v) is 53.7. The van der Waals surface area contributed by atoms with Crippen molar-refractivity contribution < 1.29 is 25.5 Å². The summed E-state index contributed by atoms with van der Waals surface area (Å²) in [5, 5.41) is 78.6. The minimum absolute atomic E-state index is 0.0590. The van der Waals surface area contributed by atoms with Crippen LogP contribution in [0.25, 0.3) is 5.57 Å². The second kappa shape index (κ2) is 39.3. The van der Waals surface area contributed by atoms with Gasteiger partial charge in [0.2, 0.25) is 0 Å². The molecule has 11 nitrogen and oxygen atoms in total. The summed E-state index contributed by atoms with van der Waals surface area (Å²) in [6, 6.07) is 47.2. The number of aliphatic hydroxyl groups is 1. The van der Waals surface area contributed by atoms with E-state index in [0.29, 0.717) is 91.5 Å². The molecule has 0 aliphatic heterocycles. The van der Waals surface area contributed by atoms with Gasteiger partial charge in [-0.15, -0.1) is 9.81 Å². The number of phenolic OH excluding ortho intramolecular Hbond substituents is 4. The number of allylic oxidation sites excluding steroid dienone is 9. The molecule has 0 bridgehead atoms. The van der Waals surface area contributed by atoms with Gasteiger partial charge in [0.15, 0.2) is 0 Å². The molecular weight excluding hydrogens is 1710 g/mol. The highest BCUT2D eigenvalue weighted by Crippen LogP contribution is 2.53. The summed E-state index contributed by atoms with van der Waals surface area (Å²) in [6.45, 7) is 91.1. The number of hydrogen-bond acceptors (Lipinski definition) is 11. The molecule has 9 aromatic carbocycles. The third-order valence-corrected chi connectivity index (χ3v) is 28.6. The van der Waals surface area contributed by atoms with Gasteiger partial charge in [-0.1, -0.05) is 389 Å². The highest BCUT2D eigenvalue weighted by atomic mass is 16.3. The van der Waals surface area contributed by atoms with E-state index in [1.807, 2.05) is 13.8 Å². The van der Waals surface area contributed by atoms with E-state index in [-0.39, 0.29) is 39.4 Å². The number of nitrogens with zero attached hydrogens (tertiary/aromatic N) is 2. The van der Waals surface area contributed by atoms with Crippen molar-refractivity contribution in [2.24, 2.45) is 27.6 Å². The minimum atomic E-state index is -0.476. The summed E-state index contributed by atoms with van der Waals surface area (Å²) in [5.74, 6) is 1.22. The van der Waals surface area contributed by atoms with Gasteiger partial charge < -0.3 is 36.2 Å². The van der Waals surface area contributed by atoms with Crippen LogP contribution < -0.4 is 10.6 Å². The first-order valence-electron chi connectivity index (χ1n) is 50.8. The summed E-state index contributed by atoms with van der Waals surface area (Å²) >= 11 is 0. The standard InChI is InChI=1S/C128H170N4O7/c1-74(2)92-57-79(60-95(110(92)131-138)117(5,6)7)49-76-41-45-91(46-42-76)129-109-89(56-83-66-101(123(23,24)25)114(135)102(67-83)124(26,27)28)54-78(51-81-61-96(118(8,9)10)111(132-139)97(62-81)119(11,12)13)55-90(109)71-88-70-85(94(86-72-105(127(35,36)37)116(137)106(73-86)128(38,39)40)59-84-68-103(125(29,30)31)115(136)104(69-84)126(32,33)34)44-48-108(88)130-107-47-43-77(50-80-63-99(121(17,18)19)113(134)100(64-80)122(20,21)22)52-87(107)53-82-58-93(75(3)4)112(133)98(65-82)120(14,15)16/h41-42,44-48,52,54-55,57-58,60-64,66-70,72-73,77,94,98,129-130,133-137H,1,3,43,49-51,53,56,59,65,71H2,2,4-40H3. The fourth-order valence-corrected chi connectivity index (χ4v) is 20.6. The van der Waals surface area contributed by atoms with Gasteiger partial charge in [0, 0.05) is 52.2 Å². The van der Waals surface area contributed by atoms with Crippen LogP contribution in [0.5, 0.6) is 23.0 Å². The summed E-state index contributed by atoms with van der Waals surface area (Å²) in [6.07, 6.45) is 12.3. The van der Waals surface area contributed by atoms with E-state index in [0.717, 1.165) is 179 Å². The van der Waals surface area contributed by atoms with Crippen LogP contribution in [0, 0.1) is 27.1 Å². The maximum Gasteiger partial charge on any atom is 0.123 e. The lowest BCUT2D eigenvalue weighted by Crippen LogP contribution is -2.26. The van der Waals surface area contributed by atoms with Crippen molar-refractivity contribution in [2.75, 3.05) is 10.6 Å². The molecule has 11 rings (SSSR count). The molecule has 744 valence electrons. The molecule has 11 heteroatoms. The van der Waals surface area contributed by atoms with Gasteiger partial charge in [-0.05, 0) is 315 Å². The zero-order valence-electron chi connectivity index (χ0n) is 92.3. The molecule has 0 heterocycles. The lowest BCUT2D eigenvalue weighted by molar-refractivity contribution is 0.194. The molecular formula is C128H170N4O7. The molecule has 0 saturated heterocycles. The molecule has 0 spiro atoms. The summed E-state index contributed by atoms with van der Waals surface area (Å²) in [5.41, 5.74) is 27.6. The van der Waals surface area contributed by atoms with Crippen LogP contribution >= 0.6 is 0 Å². The molecule has 0 fully saturated rings. The van der Waals surface area contributed by atoms with Gasteiger partial charge in [-0.2, -0.15) is 0 Å². The summed E-state index contributed by atoms with van der Waals surface area (Å²) in [4.78, 5) is 26.2. The monoisotopic (exact) mass is 1880 g/mol. The van der Waals surface area contributed by atoms with Crippen molar-refractivity contribution in [3.8, 4) is 23.0 Å². The Balaban J connectivity index is 1.27. The maximum atomic E-state index is 13.5. The predicted molar refractivity (Wildman–Crippen MR) is 592 cm³/mol. The van der Waals surface area contributed by atoms with Crippen LogP contribution in [0.15, 0.2) is 203 Å². The summed E-state index contributed by atoms with van der Waals surface area (Å²) in [7, 11) is 0. The van der Waals surface area contributed by atoms with Gasteiger partial charge in [-0.3, -0.25) is 0 Å². The SMILES string of the molecule is C=C(C)C1=C(O)C(C(C)(C)C)CC(CC2=CC(Cc3cc(C(C)(C)C)c(O)c(C(C)(C)C)c3)CC=C2Nc2ccc(C(Cc3cc(C(C)(C)C)c(O)c(C(C)(C)C)c3)c3cc(C(C)(C)C)c(O)c(C(C)(C)C)c3)cc2Cc2cc(Cc3cc(C(C)(C)C)c(N=O)c(C(C)(C)C)c3)cc(Cc3cc(C(C)(C)C)c(O)c(C(C)(C)C)c3)c2Nc2ccc(Cc3cc(C(=C)C)c(N=O)c(C(C)(C)C)c3)cc2)=C1. The fraction of sp³-hybridized carbons (Fsp3) is 0.484. The predicted octanol–water partition coefficient (Wildman–Crippen LogP) is 35.3. The normalized spacial score (nSPS) is 15.6. The highest BCUT2D eigenvalue weighted by Gasteiger charge is 2.39. The smallest absolute Gasteiger partial charge is 0.123 e. The van der Waals surface area contributed by atoms with Crippen molar-refractivity contribution in [1.82, 2.24) is 0 Å². The van der Waals surface area contributed by atoms with Crippen LogP contribution in [-0.4, -0.2) is 25.5 Å². The van der Waals surface area contributed by atoms with E-state index >= 15 is 0 Å². The topological polar surface area (TPSA) is 184 Å². The van der Waals surface area contributed by atoms with Crippen molar-refractivity contribution in [3.63, 3.8) is 0 Å². The van der Waals surface area contributed by atoms with Crippen LogP contribution in [0.1, 0.15) is 422 Å². The van der Waals surface area contributed by atoms with Gasteiger partial charge >= 0.3 is 0 Å². The molecule has 9 aromatic rings. The van der Waals surface area contributed by atoms with E-state index in [4.69, 9.17) is 0 Å². The molecule has 139 heavy (non-hydrogen) atoms. The van der Waals surface area contributed by atoms with Crippen molar-refractivity contribution in [3.05, 3.63) is 336 Å². The number of anilines is 3. The minimum Gasteiger partial charge on any atom is -0.511 e. The summed E-state index contributed by atoms with van der Waals surface area (Å²) < 4.78 is 0. The lowest BCUT2D eigenvalue weighted by atomic mass is 9.71. The van der Waals surface area contributed by atoms with E-state index in [1.54, 1.807) is 0 Å². The molecule has 7 N–H and O–H groups in total. The van der Waals surface area contributed by atoms with E-state index < -0.39 is 43.3 Å². The van der Waals surface area contributed by atoms with Crippen LogP contribution in [0.4, 0.5) is 28.4 Å². The quantitative estimate of drug-likeness (QED) is 0.0289. The largest absolute Gasteiger partial charge is 0.511 e. The van der Waals surface area contributed by atoms with Crippen LogP contribution in [0.3, 0.4) is 0 Å². The van der Waals surface area contributed by atoms with E-state index in [9.17, 15) is 35.3 Å². The Kier molecular flexibility index (Phi) is 30.7. The number of aliphatic hydroxyl groups excluding tert-OH is 1. The Bertz CT molecular complexity index is 6180. The number of nitroso groups, excluding NO2 is 2. The van der Waals surface area contributed by atoms with Crippen molar-refractivity contribution in [1.29, 1.82) is 0 Å². The third kappa shape index (κ3) is 25.2. The molecule has 2 aliphatic rings. The first-order chi connectivity index (χ1) is 63.5. The average Bonchev–Trinajstić information content (AvgIpc) is 0.756. The lowest BCUT2D eigenvalue weighted by Gasteiger charge is -2.35. The van der Waals surface area contributed by atoms with Crippen LogP contribution in [0.2, 0.25) is 0 Å². The fourth-order valence-electron chi connectivity index (χ4n) is 20.6. The van der Waals surface area contributed by atoms with Gasteiger partial charge in [0.1, 0.15) is 40.1 Å². The number of rotatable bonds is 24. The highest BCUT2D eigenvalue weighted by molar-refractivity contribution is 5.77. The van der Waals surface area contributed by atoms with Gasteiger partial charge in [-0.25, -0.2) is 0 Å². The average molecular weight is 1880 g/mol.